The summed E-state index contributed by atoms with van der Waals surface area (Å²) in [5.41, 5.74) is 7.50. The zero-order valence-corrected chi connectivity index (χ0v) is 15.9. The minimum absolute atomic E-state index is 0.140. The number of nitrogens with two attached hydrogens (primary N) is 1. The average Bonchev–Trinajstić information content (AvgIpc) is 3.20. The molecule has 0 bridgehead atoms. The third-order valence-electron chi connectivity index (χ3n) is 5.42. The monoisotopic (exact) mass is 389 g/mol. The number of carbonyl (C=O) groups excluding carboxylic acids is 1. The number of aliphatic imine (C=N–C) groups is 1. The van der Waals surface area contributed by atoms with Crippen LogP contribution in [-0.4, -0.2) is 40.8 Å². The Bertz CT molecular complexity index is 1130. The number of halogens is 1. The number of fused-ring (bicyclic) bond motifs is 1. The van der Waals surface area contributed by atoms with Gasteiger partial charge in [-0.15, -0.1) is 0 Å². The minimum atomic E-state index is -1.24. The van der Waals surface area contributed by atoms with Crippen molar-refractivity contribution >= 4 is 11.6 Å². The summed E-state index contributed by atoms with van der Waals surface area (Å²) in [5.74, 6) is 4.88. The van der Waals surface area contributed by atoms with E-state index in [2.05, 4.69) is 23.4 Å². The molecule has 1 amide bonds. The van der Waals surface area contributed by atoms with Crippen molar-refractivity contribution in [3.05, 3.63) is 82.8 Å². The standard InChI is InChI=1S/C23H20FN3O2/c1-14-23(29,10-11-27(14)2)9-8-15-4-3-5-16(12-15)20-19-13-17(24)6-7-18(19)21(26-20)22(25)28/h3-7,12-13,20,29H,1,10-11H2,2H3,(H2,25,28)/t20?,23-/m0/s1. The highest BCUT2D eigenvalue weighted by Crippen LogP contribution is 2.36. The van der Waals surface area contributed by atoms with Crippen molar-refractivity contribution in [3.8, 4) is 11.8 Å². The van der Waals surface area contributed by atoms with E-state index in [0.29, 0.717) is 35.4 Å². The molecule has 1 fully saturated rings. The molecule has 1 saturated heterocycles. The van der Waals surface area contributed by atoms with Crippen molar-refractivity contribution in [1.82, 2.24) is 4.90 Å². The number of carbonyl (C=O) groups is 1. The van der Waals surface area contributed by atoms with E-state index in [-0.39, 0.29) is 5.71 Å². The van der Waals surface area contributed by atoms with E-state index in [0.717, 1.165) is 5.56 Å². The summed E-state index contributed by atoms with van der Waals surface area (Å²) in [6.45, 7) is 4.61. The Morgan fingerprint density at radius 2 is 2.17 bits per heavy atom. The number of amides is 1. The molecule has 1 unspecified atom stereocenters. The number of benzene rings is 2. The predicted molar refractivity (Wildman–Crippen MR) is 109 cm³/mol. The van der Waals surface area contributed by atoms with Gasteiger partial charge >= 0.3 is 0 Å². The number of aliphatic hydroxyl groups is 1. The van der Waals surface area contributed by atoms with Crippen LogP contribution in [0.5, 0.6) is 0 Å². The van der Waals surface area contributed by atoms with Crippen LogP contribution in [0.2, 0.25) is 0 Å². The molecule has 2 heterocycles. The molecule has 0 spiro atoms. The molecule has 4 rings (SSSR count). The van der Waals surface area contributed by atoms with E-state index in [4.69, 9.17) is 5.73 Å². The van der Waals surface area contributed by atoms with Crippen LogP contribution in [0, 0.1) is 17.7 Å². The Hall–Kier alpha value is -3.43. The fraction of sp³-hybridized carbons (Fsp3) is 0.217. The topological polar surface area (TPSA) is 78.9 Å². The van der Waals surface area contributed by atoms with Gasteiger partial charge in [0.1, 0.15) is 17.6 Å². The van der Waals surface area contributed by atoms with Gasteiger partial charge in [0.15, 0.2) is 5.60 Å². The number of likely N-dealkylation sites (tertiary alicyclic amines) is 1. The van der Waals surface area contributed by atoms with Crippen LogP contribution in [0.3, 0.4) is 0 Å². The van der Waals surface area contributed by atoms with Crippen LogP contribution in [0.1, 0.15) is 34.7 Å². The molecule has 0 aliphatic carbocycles. The lowest BCUT2D eigenvalue weighted by molar-refractivity contribution is -0.111. The number of primary amides is 1. The molecule has 146 valence electrons. The Morgan fingerprint density at radius 3 is 2.86 bits per heavy atom. The minimum Gasteiger partial charge on any atom is -0.375 e. The quantitative estimate of drug-likeness (QED) is 0.773. The highest BCUT2D eigenvalue weighted by molar-refractivity contribution is 6.46. The second-order valence-corrected chi connectivity index (χ2v) is 7.33. The fourth-order valence-electron chi connectivity index (χ4n) is 3.72. The van der Waals surface area contributed by atoms with Crippen molar-refractivity contribution in [3.63, 3.8) is 0 Å². The molecule has 29 heavy (non-hydrogen) atoms. The van der Waals surface area contributed by atoms with Crippen LogP contribution < -0.4 is 5.73 Å². The van der Waals surface area contributed by atoms with Crippen molar-refractivity contribution < 1.29 is 14.3 Å². The molecule has 6 heteroatoms. The third-order valence-corrected chi connectivity index (χ3v) is 5.42. The number of rotatable bonds is 2. The highest BCUT2D eigenvalue weighted by Gasteiger charge is 2.36. The maximum absolute atomic E-state index is 13.8. The van der Waals surface area contributed by atoms with E-state index >= 15 is 0 Å². The van der Waals surface area contributed by atoms with Crippen molar-refractivity contribution in [2.24, 2.45) is 10.7 Å². The number of hydrogen-bond acceptors (Lipinski definition) is 4. The Labute approximate surface area is 168 Å². The van der Waals surface area contributed by atoms with Gasteiger partial charge < -0.3 is 15.7 Å². The fourth-order valence-corrected chi connectivity index (χ4v) is 3.72. The first-order chi connectivity index (χ1) is 13.8. The van der Waals surface area contributed by atoms with Crippen LogP contribution in [0.25, 0.3) is 0 Å². The maximum Gasteiger partial charge on any atom is 0.267 e. The summed E-state index contributed by atoms with van der Waals surface area (Å²) in [6.07, 6.45) is 0.497. The third kappa shape index (κ3) is 3.30. The predicted octanol–water partition coefficient (Wildman–Crippen LogP) is 2.13. The number of nitrogens with zero attached hydrogens (tertiary/aromatic N) is 2. The number of likely N-dealkylation sites (N-methyl/N-ethyl adjacent to an activating group) is 1. The lowest BCUT2D eigenvalue weighted by atomic mass is 9.95. The van der Waals surface area contributed by atoms with E-state index in [1.165, 1.54) is 18.2 Å². The lowest BCUT2D eigenvalue weighted by Crippen LogP contribution is -2.26. The van der Waals surface area contributed by atoms with Crippen molar-refractivity contribution in [2.75, 3.05) is 13.6 Å². The van der Waals surface area contributed by atoms with Gasteiger partial charge in [-0.25, -0.2) is 4.39 Å². The highest BCUT2D eigenvalue weighted by atomic mass is 19.1. The van der Waals surface area contributed by atoms with Gasteiger partial charge in [-0.05, 0) is 41.5 Å². The first-order valence-electron chi connectivity index (χ1n) is 9.22. The van der Waals surface area contributed by atoms with Crippen LogP contribution in [-0.2, 0) is 4.79 Å². The summed E-state index contributed by atoms with van der Waals surface area (Å²) >= 11 is 0. The Kier molecular flexibility index (Phi) is 4.48. The largest absolute Gasteiger partial charge is 0.375 e. The van der Waals surface area contributed by atoms with Crippen LogP contribution in [0.15, 0.2) is 59.7 Å². The Morgan fingerprint density at radius 1 is 1.38 bits per heavy atom. The molecule has 0 saturated carbocycles. The van der Waals surface area contributed by atoms with Gasteiger partial charge in [0.2, 0.25) is 0 Å². The SMILES string of the molecule is C=C1N(C)CC[C@@]1(O)C#Cc1cccc(C2N=C(C(N)=O)c3ccc(F)cc32)c1. The molecule has 0 aromatic heterocycles. The van der Waals surface area contributed by atoms with Gasteiger partial charge in [0.05, 0.1) is 5.70 Å². The van der Waals surface area contributed by atoms with Crippen LogP contribution in [0.4, 0.5) is 4.39 Å². The molecule has 3 N–H and O–H groups in total. The van der Waals surface area contributed by atoms with Gasteiger partial charge in [0, 0.05) is 31.1 Å². The molecule has 2 atom stereocenters. The van der Waals surface area contributed by atoms with Gasteiger partial charge in [-0.2, -0.15) is 0 Å². The lowest BCUT2D eigenvalue weighted by Gasteiger charge is -2.19. The second kappa shape index (κ2) is 6.87. The maximum atomic E-state index is 13.8. The molecule has 5 nitrogen and oxygen atoms in total. The summed E-state index contributed by atoms with van der Waals surface area (Å²) in [5, 5.41) is 10.7. The second-order valence-electron chi connectivity index (χ2n) is 7.33. The van der Waals surface area contributed by atoms with Crippen molar-refractivity contribution in [1.29, 1.82) is 0 Å². The van der Waals surface area contributed by atoms with E-state index < -0.39 is 23.4 Å². The van der Waals surface area contributed by atoms with Crippen LogP contribution >= 0.6 is 0 Å². The summed E-state index contributed by atoms with van der Waals surface area (Å²) in [7, 11) is 1.87. The zero-order valence-electron chi connectivity index (χ0n) is 15.9. The van der Waals surface area contributed by atoms with E-state index in [1.807, 2.05) is 36.2 Å². The average molecular weight is 389 g/mol. The molecule has 0 radical (unpaired) electrons. The number of hydrogen-bond donors (Lipinski definition) is 2. The molecule has 2 aliphatic heterocycles. The zero-order chi connectivity index (χ0) is 20.8. The summed E-state index contributed by atoms with van der Waals surface area (Å²) in [4.78, 5) is 18.1. The molecular formula is C23H20FN3O2. The van der Waals surface area contributed by atoms with Crippen molar-refractivity contribution in [2.45, 2.75) is 18.1 Å². The van der Waals surface area contributed by atoms with E-state index in [9.17, 15) is 14.3 Å². The molecular weight excluding hydrogens is 369 g/mol. The molecule has 2 aliphatic rings. The Balaban J connectivity index is 1.71. The molecule has 2 aromatic carbocycles. The van der Waals surface area contributed by atoms with Gasteiger partial charge in [0.25, 0.3) is 5.91 Å². The summed E-state index contributed by atoms with van der Waals surface area (Å²) < 4.78 is 13.8. The first-order valence-corrected chi connectivity index (χ1v) is 9.22. The van der Waals surface area contributed by atoms with E-state index in [1.54, 1.807) is 0 Å². The normalized spacial score (nSPS) is 22.7. The smallest absolute Gasteiger partial charge is 0.267 e. The molecule has 2 aromatic rings. The summed E-state index contributed by atoms with van der Waals surface area (Å²) in [6, 6.07) is 10.9. The van der Waals surface area contributed by atoms with Gasteiger partial charge in [-0.1, -0.05) is 30.6 Å². The van der Waals surface area contributed by atoms with Gasteiger partial charge in [-0.3, -0.25) is 9.79 Å². The first kappa shape index (κ1) is 18.9.